The van der Waals surface area contributed by atoms with E-state index in [2.05, 4.69) is 26.5 Å². The zero-order chi connectivity index (χ0) is 19.8. The highest BCUT2D eigenvalue weighted by molar-refractivity contribution is 9.10. The standard InChI is InChI=1S/C22H19BrN2O3/c1-27-21-12-9-18(13-20(21)23)22(26)25-24-14-16-7-10-19(11-8-16)28-15-17-5-3-2-4-6-17/h2-14H,15H2,1H3,(H,25,26). The molecule has 1 amide bonds. The van der Waals surface area contributed by atoms with Crippen LogP contribution in [0.4, 0.5) is 0 Å². The average molecular weight is 439 g/mol. The van der Waals surface area contributed by atoms with Gasteiger partial charge in [-0.25, -0.2) is 5.43 Å². The molecule has 0 saturated heterocycles. The van der Waals surface area contributed by atoms with Gasteiger partial charge in [-0.2, -0.15) is 5.10 Å². The number of rotatable bonds is 7. The summed E-state index contributed by atoms with van der Waals surface area (Å²) in [4.78, 5) is 12.2. The highest BCUT2D eigenvalue weighted by Gasteiger charge is 2.07. The number of ether oxygens (including phenoxy) is 2. The minimum Gasteiger partial charge on any atom is -0.496 e. The van der Waals surface area contributed by atoms with Crippen molar-refractivity contribution in [2.24, 2.45) is 5.10 Å². The maximum absolute atomic E-state index is 12.2. The summed E-state index contributed by atoms with van der Waals surface area (Å²) in [6.07, 6.45) is 1.58. The van der Waals surface area contributed by atoms with Gasteiger partial charge in [0.15, 0.2) is 0 Å². The van der Waals surface area contributed by atoms with E-state index in [9.17, 15) is 4.79 Å². The first-order chi connectivity index (χ1) is 13.7. The van der Waals surface area contributed by atoms with E-state index in [1.807, 2.05) is 54.6 Å². The molecule has 0 atom stereocenters. The van der Waals surface area contributed by atoms with Gasteiger partial charge in [0.2, 0.25) is 0 Å². The van der Waals surface area contributed by atoms with Crippen LogP contribution in [0.3, 0.4) is 0 Å². The van der Waals surface area contributed by atoms with Gasteiger partial charge in [-0.1, -0.05) is 30.3 Å². The van der Waals surface area contributed by atoms with Crippen LogP contribution in [0.2, 0.25) is 0 Å². The lowest BCUT2D eigenvalue weighted by molar-refractivity contribution is 0.0955. The monoisotopic (exact) mass is 438 g/mol. The molecule has 142 valence electrons. The maximum atomic E-state index is 12.2. The van der Waals surface area contributed by atoms with Crippen molar-refractivity contribution in [3.05, 3.63) is 94.0 Å². The zero-order valence-corrected chi connectivity index (χ0v) is 16.8. The molecular weight excluding hydrogens is 420 g/mol. The van der Waals surface area contributed by atoms with Crippen LogP contribution in [0.5, 0.6) is 11.5 Å². The molecule has 5 nitrogen and oxygen atoms in total. The Hall–Kier alpha value is -3.12. The van der Waals surface area contributed by atoms with Crippen LogP contribution in [-0.4, -0.2) is 19.2 Å². The lowest BCUT2D eigenvalue weighted by Crippen LogP contribution is -2.17. The number of benzene rings is 3. The highest BCUT2D eigenvalue weighted by atomic mass is 79.9. The molecular formula is C22H19BrN2O3. The number of methoxy groups -OCH3 is 1. The number of carbonyl (C=O) groups is 1. The third-order valence-electron chi connectivity index (χ3n) is 3.92. The molecule has 1 N–H and O–H groups in total. The first-order valence-corrected chi connectivity index (χ1v) is 9.39. The van der Waals surface area contributed by atoms with E-state index >= 15 is 0 Å². The summed E-state index contributed by atoms with van der Waals surface area (Å²) in [5.41, 5.74) is 4.95. The molecule has 0 aliphatic rings. The second-order valence-electron chi connectivity index (χ2n) is 5.89. The van der Waals surface area contributed by atoms with E-state index in [-0.39, 0.29) is 5.91 Å². The summed E-state index contributed by atoms with van der Waals surface area (Å²) in [7, 11) is 1.57. The van der Waals surface area contributed by atoms with Crippen LogP contribution < -0.4 is 14.9 Å². The number of hydrogen-bond donors (Lipinski definition) is 1. The van der Waals surface area contributed by atoms with E-state index in [4.69, 9.17) is 9.47 Å². The van der Waals surface area contributed by atoms with Crippen molar-refractivity contribution < 1.29 is 14.3 Å². The Kier molecular flexibility index (Phi) is 6.81. The molecule has 0 unspecified atom stereocenters. The van der Waals surface area contributed by atoms with Crippen LogP contribution in [0.1, 0.15) is 21.5 Å². The Morgan fingerprint density at radius 3 is 2.50 bits per heavy atom. The number of nitrogens with one attached hydrogen (secondary N) is 1. The molecule has 0 heterocycles. The predicted molar refractivity (Wildman–Crippen MR) is 113 cm³/mol. The van der Waals surface area contributed by atoms with Gasteiger partial charge in [0.25, 0.3) is 5.91 Å². The largest absolute Gasteiger partial charge is 0.496 e. The van der Waals surface area contributed by atoms with E-state index in [1.165, 1.54) is 0 Å². The molecule has 0 radical (unpaired) electrons. The van der Waals surface area contributed by atoms with Crippen molar-refractivity contribution in [1.82, 2.24) is 5.43 Å². The van der Waals surface area contributed by atoms with Gasteiger partial charge in [0.05, 0.1) is 17.8 Å². The second-order valence-corrected chi connectivity index (χ2v) is 6.75. The van der Waals surface area contributed by atoms with Crippen LogP contribution in [0, 0.1) is 0 Å². The van der Waals surface area contributed by atoms with Gasteiger partial charge in [0.1, 0.15) is 18.1 Å². The Bertz CT molecular complexity index is 957. The van der Waals surface area contributed by atoms with E-state index < -0.39 is 0 Å². The highest BCUT2D eigenvalue weighted by Crippen LogP contribution is 2.25. The van der Waals surface area contributed by atoms with Gasteiger partial charge in [-0.15, -0.1) is 0 Å². The first-order valence-electron chi connectivity index (χ1n) is 8.59. The van der Waals surface area contributed by atoms with Crippen LogP contribution in [-0.2, 0) is 6.61 Å². The Morgan fingerprint density at radius 1 is 1.07 bits per heavy atom. The summed E-state index contributed by atoms with van der Waals surface area (Å²) < 4.78 is 11.6. The van der Waals surface area contributed by atoms with Crippen molar-refractivity contribution >= 4 is 28.1 Å². The minimum absolute atomic E-state index is 0.303. The molecule has 3 aromatic rings. The lowest BCUT2D eigenvalue weighted by atomic mass is 10.2. The number of hydrazone groups is 1. The summed E-state index contributed by atoms with van der Waals surface area (Å²) in [6.45, 7) is 0.516. The molecule has 0 fully saturated rings. The fourth-order valence-corrected chi connectivity index (χ4v) is 2.97. The first kappa shape index (κ1) is 19.6. The maximum Gasteiger partial charge on any atom is 0.271 e. The number of carbonyl (C=O) groups excluding carboxylic acids is 1. The molecule has 0 spiro atoms. The minimum atomic E-state index is -0.303. The Morgan fingerprint density at radius 2 is 1.82 bits per heavy atom. The fraction of sp³-hybridized carbons (Fsp3) is 0.0909. The molecule has 3 rings (SSSR count). The fourth-order valence-electron chi connectivity index (χ4n) is 2.43. The van der Waals surface area contributed by atoms with Gasteiger partial charge in [-0.3, -0.25) is 4.79 Å². The number of halogens is 1. The molecule has 28 heavy (non-hydrogen) atoms. The summed E-state index contributed by atoms with van der Waals surface area (Å²) >= 11 is 3.36. The van der Waals surface area contributed by atoms with Gasteiger partial charge in [-0.05, 0) is 69.5 Å². The van der Waals surface area contributed by atoms with Crippen LogP contribution >= 0.6 is 15.9 Å². The van der Waals surface area contributed by atoms with Crippen LogP contribution in [0.15, 0.2) is 82.4 Å². The predicted octanol–water partition coefficient (Wildman–Crippen LogP) is 4.80. The number of amides is 1. The normalized spacial score (nSPS) is 10.6. The topological polar surface area (TPSA) is 59.9 Å². The quantitative estimate of drug-likeness (QED) is 0.425. The van der Waals surface area contributed by atoms with Gasteiger partial charge >= 0.3 is 0 Å². The average Bonchev–Trinajstić information content (AvgIpc) is 2.73. The smallest absolute Gasteiger partial charge is 0.271 e. The SMILES string of the molecule is COc1ccc(C(=O)NN=Cc2ccc(OCc3ccccc3)cc2)cc1Br. The van der Waals surface area contributed by atoms with Crippen molar-refractivity contribution in [3.63, 3.8) is 0 Å². The Labute approximate surface area is 172 Å². The molecule has 0 aliphatic heterocycles. The molecule has 0 aliphatic carbocycles. The molecule has 0 bridgehead atoms. The third-order valence-corrected chi connectivity index (χ3v) is 4.54. The second kappa shape index (κ2) is 9.71. The third kappa shape index (κ3) is 5.44. The van der Waals surface area contributed by atoms with Gasteiger partial charge in [0, 0.05) is 5.56 Å². The van der Waals surface area contributed by atoms with Gasteiger partial charge < -0.3 is 9.47 Å². The summed E-state index contributed by atoms with van der Waals surface area (Å²) in [5, 5.41) is 4.00. The van der Waals surface area contributed by atoms with Crippen molar-refractivity contribution in [3.8, 4) is 11.5 Å². The molecule has 0 saturated carbocycles. The molecule has 3 aromatic carbocycles. The van der Waals surface area contributed by atoms with E-state index in [0.717, 1.165) is 16.9 Å². The van der Waals surface area contributed by atoms with Crippen molar-refractivity contribution in [2.45, 2.75) is 6.61 Å². The van der Waals surface area contributed by atoms with Crippen molar-refractivity contribution in [2.75, 3.05) is 7.11 Å². The number of nitrogens with zero attached hydrogens (tertiary/aromatic N) is 1. The summed E-state index contributed by atoms with van der Waals surface area (Å²) in [5.74, 6) is 1.13. The zero-order valence-electron chi connectivity index (χ0n) is 15.3. The molecule has 6 heteroatoms. The lowest BCUT2D eigenvalue weighted by Gasteiger charge is -2.06. The molecule has 0 aromatic heterocycles. The van der Waals surface area contributed by atoms with E-state index in [1.54, 1.807) is 31.5 Å². The summed E-state index contributed by atoms with van der Waals surface area (Å²) in [6, 6.07) is 22.5. The number of hydrogen-bond acceptors (Lipinski definition) is 4. The Balaban J connectivity index is 1.52. The van der Waals surface area contributed by atoms with Crippen molar-refractivity contribution in [1.29, 1.82) is 0 Å². The van der Waals surface area contributed by atoms with E-state index in [0.29, 0.717) is 22.4 Å². The van der Waals surface area contributed by atoms with Crippen LogP contribution in [0.25, 0.3) is 0 Å².